The molecule has 0 aromatic rings. The van der Waals surface area contributed by atoms with E-state index in [1.165, 1.54) is 19.4 Å². The van der Waals surface area contributed by atoms with Gasteiger partial charge in [-0.3, -0.25) is 5.32 Å². The van der Waals surface area contributed by atoms with E-state index in [-0.39, 0.29) is 5.72 Å². The summed E-state index contributed by atoms with van der Waals surface area (Å²) in [5.74, 6) is 0.646. The summed E-state index contributed by atoms with van der Waals surface area (Å²) in [5, 5.41) is 3.70. The summed E-state index contributed by atoms with van der Waals surface area (Å²) >= 11 is 0. The van der Waals surface area contributed by atoms with Crippen molar-refractivity contribution < 1.29 is 4.74 Å². The minimum atomic E-state index is -0.0302. The number of nitrogens with one attached hydrogen (secondary N) is 1. The molecule has 2 saturated heterocycles. The fourth-order valence-electron chi connectivity index (χ4n) is 3.52. The van der Waals surface area contributed by atoms with Crippen LogP contribution in [-0.4, -0.2) is 43.4 Å². The van der Waals surface area contributed by atoms with Crippen molar-refractivity contribution >= 4 is 0 Å². The third kappa shape index (κ3) is 1.60. The molecule has 3 aliphatic rings. The third-order valence-corrected chi connectivity index (χ3v) is 4.64. The summed E-state index contributed by atoms with van der Waals surface area (Å²) < 4.78 is 6.49. The molecule has 0 amide bonds. The highest BCUT2D eigenvalue weighted by molar-refractivity contribution is 5.08. The van der Waals surface area contributed by atoms with E-state index in [0.29, 0.717) is 17.4 Å². The molecule has 16 heavy (non-hydrogen) atoms. The maximum atomic E-state index is 6.49. The Morgan fingerprint density at radius 3 is 2.56 bits per heavy atom. The maximum absolute atomic E-state index is 6.49. The number of hydrogen-bond donors (Lipinski definition) is 1. The summed E-state index contributed by atoms with van der Waals surface area (Å²) in [4.78, 5) is 2.37. The standard InChI is InChI=1S/C13H24N2O/c1-10(2)11-12(4-5-12)8-14-13(16-11)6-7-15(3)9-13/h10-11,14H,4-9H2,1-3H3. The van der Waals surface area contributed by atoms with Gasteiger partial charge in [-0.2, -0.15) is 0 Å². The fraction of sp³-hybridized carbons (Fsp3) is 1.00. The maximum Gasteiger partial charge on any atom is 0.133 e. The van der Waals surface area contributed by atoms with E-state index < -0.39 is 0 Å². The van der Waals surface area contributed by atoms with Gasteiger partial charge in [0, 0.05) is 31.5 Å². The summed E-state index contributed by atoms with van der Waals surface area (Å²) in [7, 11) is 2.19. The zero-order valence-electron chi connectivity index (χ0n) is 10.8. The quantitative estimate of drug-likeness (QED) is 0.729. The van der Waals surface area contributed by atoms with Crippen LogP contribution in [0.15, 0.2) is 0 Å². The lowest BCUT2D eigenvalue weighted by atomic mass is 9.87. The average Bonchev–Trinajstić information content (AvgIpc) is 2.92. The molecule has 3 nitrogen and oxygen atoms in total. The minimum absolute atomic E-state index is 0.0302. The lowest BCUT2D eigenvalue weighted by molar-refractivity contribution is -0.180. The van der Waals surface area contributed by atoms with Crippen LogP contribution in [0.25, 0.3) is 0 Å². The molecule has 0 radical (unpaired) electrons. The van der Waals surface area contributed by atoms with Crippen molar-refractivity contribution in [3.05, 3.63) is 0 Å². The van der Waals surface area contributed by atoms with Crippen molar-refractivity contribution in [1.29, 1.82) is 0 Å². The van der Waals surface area contributed by atoms with Crippen molar-refractivity contribution in [2.24, 2.45) is 11.3 Å². The van der Waals surface area contributed by atoms with E-state index in [1.54, 1.807) is 0 Å². The van der Waals surface area contributed by atoms with E-state index in [2.05, 4.69) is 31.1 Å². The highest BCUT2D eigenvalue weighted by Crippen LogP contribution is 2.55. The highest BCUT2D eigenvalue weighted by atomic mass is 16.5. The topological polar surface area (TPSA) is 24.5 Å². The van der Waals surface area contributed by atoms with E-state index in [9.17, 15) is 0 Å². The van der Waals surface area contributed by atoms with Gasteiger partial charge in [0.25, 0.3) is 0 Å². The molecule has 2 unspecified atom stereocenters. The molecule has 2 spiro atoms. The van der Waals surface area contributed by atoms with Gasteiger partial charge in [-0.1, -0.05) is 13.8 Å². The molecule has 3 heteroatoms. The molecule has 1 aliphatic carbocycles. The Bertz CT molecular complexity index is 288. The number of nitrogens with zero attached hydrogens (tertiary/aromatic N) is 1. The van der Waals surface area contributed by atoms with Gasteiger partial charge in [0.05, 0.1) is 6.10 Å². The number of hydrogen-bond acceptors (Lipinski definition) is 3. The Morgan fingerprint density at radius 2 is 2.06 bits per heavy atom. The molecule has 0 aromatic heterocycles. The SMILES string of the molecule is CC(C)C1OC2(CCN(C)C2)NCC12CC2. The molecule has 2 aliphatic heterocycles. The second-order valence-corrected chi connectivity index (χ2v) is 6.48. The Labute approximate surface area is 98.5 Å². The molecule has 2 atom stereocenters. The van der Waals surface area contributed by atoms with Crippen LogP contribution in [0.3, 0.4) is 0 Å². The molecule has 3 fully saturated rings. The molecule has 0 bridgehead atoms. The summed E-state index contributed by atoms with van der Waals surface area (Å²) in [5.41, 5.74) is 0.456. The largest absolute Gasteiger partial charge is 0.355 e. The van der Waals surface area contributed by atoms with Gasteiger partial charge >= 0.3 is 0 Å². The van der Waals surface area contributed by atoms with Crippen LogP contribution in [0.1, 0.15) is 33.1 Å². The lowest BCUT2D eigenvalue weighted by Crippen LogP contribution is -2.61. The van der Waals surface area contributed by atoms with E-state index >= 15 is 0 Å². The Morgan fingerprint density at radius 1 is 1.31 bits per heavy atom. The summed E-state index contributed by atoms with van der Waals surface area (Å²) in [6, 6.07) is 0. The molecular formula is C13H24N2O. The van der Waals surface area contributed by atoms with Gasteiger partial charge in [0.15, 0.2) is 0 Å². The number of rotatable bonds is 1. The van der Waals surface area contributed by atoms with Crippen LogP contribution >= 0.6 is 0 Å². The highest BCUT2D eigenvalue weighted by Gasteiger charge is 2.58. The number of likely N-dealkylation sites (tertiary alicyclic amines) is 1. The van der Waals surface area contributed by atoms with Gasteiger partial charge in [-0.25, -0.2) is 0 Å². The van der Waals surface area contributed by atoms with Crippen molar-refractivity contribution in [2.75, 3.05) is 26.7 Å². The molecular weight excluding hydrogens is 200 g/mol. The number of ether oxygens (including phenoxy) is 1. The average molecular weight is 224 g/mol. The zero-order chi connectivity index (χ0) is 11.4. The van der Waals surface area contributed by atoms with Crippen LogP contribution in [0.5, 0.6) is 0 Å². The van der Waals surface area contributed by atoms with Crippen LogP contribution in [0.2, 0.25) is 0 Å². The van der Waals surface area contributed by atoms with Crippen molar-refractivity contribution in [3.63, 3.8) is 0 Å². The van der Waals surface area contributed by atoms with Crippen LogP contribution in [-0.2, 0) is 4.74 Å². The molecule has 0 aromatic carbocycles. The van der Waals surface area contributed by atoms with Crippen molar-refractivity contribution in [3.8, 4) is 0 Å². The second-order valence-electron chi connectivity index (χ2n) is 6.48. The normalized spacial score (nSPS) is 42.4. The van der Waals surface area contributed by atoms with E-state index in [1.807, 2.05) is 0 Å². The first-order chi connectivity index (χ1) is 7.55. The fourth-order valence-corrected chi connectivity index (χ4v) is 3.52. The monoisotopic (exact) mass is 224 g/mol. The lowest BCUT2D eigenvalue weighted by Gasteiger charge is -2.46. The van der Waals surface area contributed by atoms with Gasteiger partial charge in [-0.15, -0.1) is 0 Å². The predicted molar refractivity (Wildman–Crippen MR) is 64.2 cm³/mol. The second kappa shape index (κ2) is 3.44. The molecule has 1 N–H and O–H groups in total. The predicted octanol–water partition coefficient (Wildman–Crippen LogP) is 1.44. The van der Waals surface area contributed by atoms with Gasteiger partial charge in [-0.05, 0) is 25.8 Å². The van der Waals surface area contributed by atoms with Gasteiger partial charge in [0.2, 0.25) is 0 Å². The van der Waals surface area contributed by atoms with Crippen LogP contribution in [0.4, 0.5) is 0 Å². The molecule has 1 saturated carbocycles. The third-order valence-electron chi connectivity index (χ3n) is 4.64. The van der Waals surface area contributed by atoms with Gasteiger partial charge < -0.3 is 9.64 Å². The van der Waals surface area contributed by atoms with Crippen molar-refractivity contribution in [1.82, 2.24) is 10.2 Å². The first kappa shape index (κ1) is 11.0. The first-order valence-corrected chi connectivity index (χ1v) is 6.67. The smallest absolute Gasteiger partial charge is 0.133 e. The Hall–Kier alpha value is -0.120. The Kier molecular flexibility index (Phi) is 2.36. The summed E-state index contributed by atoms with van der Waals surface area (Å²) in [6.45, 7) is 7.99. The van der Waals surface area contributed by atoms with Crippen LogP contribution in [0, 0.1) is 11.3 Å². The van der Waals surface area contributed by atoms with Crippen LogP contribution < -0.4 is 5.32 Å². The van der Waals surface area contributed by atoms with Crippen molar-refractivity contribution in [2.45, 2.75) is 44.9 Å². The molecule has 92 valence electrons. The Balaban J connectivity index is 1.77. The van der Waals surface area contributed by atoms with E-state index in [0.717, 1.165) is 19.5 Å². The summed E-state index contributed by atoms with van der Waals surface area (Å²) in [6.07, 6.45) is 4.33. The van der Waals surface area contributed by atoms with Gasteiger partial charge in [0.1, 0.15) is 5.72 Å². The molecule has 3 rings (SSSR count). The van der Waals surface area contributed by atoms with E-state index in [4.69, 9.17) is 4.74 Å². The first-order valence-electron chi connectivity index (χ1n) is 6.67. The zero-order valence-corrected chi connectivity index (χ0v) is 10.8. The minimum Gasteiger partial charge on any atom is -0.355 e. The molecule has 2 heterocycles. The number of likely N-dealkylation sites (N-methyl/N-ethyl adjacent to an activating group) is 1.